The molecular weight excluding hydrogens is 530 g/mol. The number of nitrogens with zero attached hydrogens (tertiary/aromatic N) is 1. The molecule has 4 rings (SSSR count). The van der Waals surface area contributed by atoms with E-state index < -0.39 is 12.6 Å². The maximum absolute atomic E-state index is 13.0. The number of anilines is 1. The molecule has 2 aliphatic rings. The standard InChI is InChI=1S/C23H19Br2NO5/c24-18-10-16-17(11-19(18)25)22(29)26(21(16)28)15-8-4-7-14(9-15)23(30)31-12-20(27)13-5-2-1-3-6-13/h1-9,16-19H,10-12H2/t16-,17-,18+,19+/m1/s1. The molecule has 8 heteroatoms. The molecular formula is C23H19Br2NO5. The Morgan fingerprint density at radius 3 is 2.06 bits per heavy atom. The number of amides is 2. The van der Waals surface area contributed by atoms with Gasteiger partial charge in [-0.25, -0.2) is 4.79 Å². The molecule has 2 amide bonds. The molecule has 31 heavy (non-hydrogen) atoms. The molecule has 1 aliphatic heterocycles. The Kier molecular flexibility index (Phi) is 6.39. The van der Waals surface area contributed by atoms with Crippen molar-refractivity contribution in [1.82, 2.24) is 0 Å². The van der Waals surface area contributed by atoms with Crippen molar-refractivity contribution in [1.29, 1.82) is 0 Å². The second-order valence-corrected chi connectivity index (χ2v) is 10.00. The highest BCUT2D eigenvalue weighted by Gasteiger charge is 2.52. The quantitative estimate of drug-likeness (QED) is 0.243. The van der Waals surface area contributed by atoms with Crippen molar-refractivity contribution in [3.8, 4) is 0 Å². The number of hydrogen-bond donors (Lipinski definition) is 0. The Bertz CT molecular complexity index is 1010. The first-order chi connectivity index (χ1) is 14.9. The van der Waals surface area contributed by atoms with E-state index in [-0.39, 0.29) is 44.7 Å². The molecule has 0 radical (unpaired) electrons. The molecule has 0 spiro atoms. The summed E-state index contributed by atoms with van der Waals surface area (Å²) in [5.41, 5.74) is 0.964. The zero-order chi connectivity index (χ0) is 22.1. The van der Waals surface area contributed by atoms with Crippen molar-refractivity contribution in [2.75, 3.05) is 11.5 Å². The van der Waals surface area contributed by atoms with Gasteiger partial charge in [0.1, 0.15) is 0 Å². The smallest absolute Gasteiger partial charge is 0.338 e. The number of hydrogen-bond acceptors (Lipinski definition) is 5. The molecule has 1 saturated heterocycles. The number of ether oxygens (including phenoxy) is 1. The Hall–Kier alpha value is -2.32. The number of rotatable bonds is 5. The van der Waals surface area contributed by atoms with Gasteiger partial charge in [0, 0.05) is 15.2 Å². The van der Waals surface area contributed by atoms with Crippen LogP contribution in [0.15, 0.2) is 54.6 Å². The van der Waals surface area contributed by atoms with Gasteiger partial charge in [0.2, 0.25) is 11.8 Å². The Morgan fingerprint density at radius 1 is 0.871 bits per heavy atom. The van der Waals surface area contributed by atoms with Gasteiger partial charge < -0.3 is 4.74 Å². The largest absolute Gasteiger partial charge is 0.454 e. The van der Waals surface area contributed by atoms with Gasteiger partial charge in [-0.1, -0.05) is 68.3 Å². The Morgan fingerprint density at radius 2 is 1.45 bits per heavy atom. The van der Waals surface area contributed by atoms with Gasteiger partial charge in [-0.3, -0.25) is 19.3 Å². The van der Waals surface area contributed by atoms with Crippen LogP contribution in [0.1, 0.15) is 33.6 Å². The van der Waals surface area contributed by atoms with Gasteiger partial charge in [0.05, 0.1) is 23.1 Å². The third-order valence-electron chi connectivity index (χ3n) is 5.68. The molecule has 1 aliphatic carbocycles. The van der Waals surface area contributed by atoms with Crippen LogP contribution in [0, 0.1) is 11.8 Å². The van der Waals surface area contributed by atoms with Crippen molar-refractivity contribution >= 4 is 61.1 Å². The number of fused-ring (bicyclic) bond motifs is 1. The number of carbonyl (C=O) groups is 4. The molecule has 4 atom stereocenters. The monoisotopic (exact) mass is 547 g/mol. The Balaban J connectivity index is 1.48. The van der Waals surface area contributed by atoms with Crippen molar-refractivity contribution < 1.29 is 23.9 Å². The van der Waals surface area contributed by atoms with E-state index in [1.807, 2.05) is 0 Å². The van der Waals surface area contributed by atoms with Crippen LogP contribution < -0.4 is 4.90 Å². The number of esters is 1. The van der Waals surface area contributed by atoms with Crippen LogP contribution in [0.25, 0.3) is 0 Å². The SMILES string of the molecule is O=C(COC(=O)c1cccc(N2C(=O)[C@@H]3C[C@H](Br)[C@@H](Br)C[C@H]3C2=O)c1)c1ccccc1. The van der Waals surface area contributed by atoms with E-state index in [4.69, 9.17) is 4.74 Å². The summed E-state index contributed by atoms with van der Waals surface area (Å²) in [4.78, 5) is 52.0. The van der Waals surface area contributed by atoms with Gasteiger partial charge in [-0.05, 0) is 31.0 Å². The van der Waals surface area contributed by atoms with Crippen LogP contribution in [-0.4, -0.2) is 39.8 Å². The molecule has 0 N–H and O–H groups in total. The second-order valence-electron chi connectivity index (χ2n) is 7.64. The fourth-order valence-corrected chi connectivity index (χ4v) is 5.28. The predicted octanol–water partition coefficient (Wildman–Crippen LogP) is 4.15. The van der Waals surface area contributed by atoms with E-state index >= 15 is 0 Å². The number of imide groups is 1. The zero-order valence-corrected chi connectivity index (χ0v) is 19.5. The lowest BCUT2D eigenvalue weighted by atomic mass is 9.81. The predicted molar refractivity (Wildman–Crippen MR) is 122 cm³/mol. The van der Waals surface area contributed by atoms with Crippen LogP contribution in [0.2, 0.25) is 0 Å². The van der Waals surface area contributed by atoms with Crippen LogP contribution in [0.5, 0.6) is 0 Å². The minimum absolute atomic E-state index is 0.119. The normalized spacial score (nSPS) is 25.3. The van der Waals surface area contributed by atoms with Crippen LogP contribution >= 0.6 is 31.9 Å². The zero-order valence-electron chi connectivity index (χ0n) is 16.4. The van der Waals surface area contributed by atoms with Gasteiger partial charge in [-0.2, -0.15) is 0 Å². The van der Waals surface area contributed by atoms with Crippen LogP contribution in [0.4, 0.5) is 5.69 Å². The summed E-state index contributed by atoms with van der Waals surface area (Å²) in [5, 5.41) is 0. The van der Waals surface area contributed by atoms with Crippen molar-refractivity contribution in [3.63, 3.8) is 0 Å². The third kappa shape index (κ3) is 4.36. The lowest BCUT2D eigenvalue weighted by Gasteiger charge is -2.29. The summed E-state index contributed by atoms with van der Waals surface area (Å²) < 4.78 is 5.15. The number of halogens is 2. The minimum Gasteiger partial charge on any atom is -0.454 e. The molecule has 0 bridgehead atoms. The molecule has 6 nitrogen and oxygen atoms in total. The molecule has 2 fully saturated rings. The first-order valence-corrected chi connectivity index (χ1v) is 11.7. The summed E-state index contributed by atoms with van der Waals surface area (Å²) >= 11 is 7.15. The number of alkyl halides is 2. The summed E-state index contributed by atoms with van der Waals surface area (Å²) in [6, 6.07) is 14.8. The molecule has 0 unspecified atom stereocenters. The van der Waals surface area contributed by atoms with E-state index in [0.29, 0.717) is 24.1 Å². The van der Waals surface area contributed by atoms with Crippen molar-refractivity contribution in [2.24, 2.45) is 11.8 Å². The fourth-order valence-electron chi connectivity index (χ4n) is 4.04. The minimum atomic E-state index is -0.691. The summed E-state index contributed by atoms with van der Waals surface area (Å²) in [7, 11) is 0. The molecule has 2 aromatic carbocycles. The average Bonchev–Trinajstić information content (AvgIpc) is 3.02. The number of carbonyl (C=O) groups excluding carboxylic acids is 4. The van der Waals surface area contributed by atoms with E-state index in [9.17, 15) is 19.2 Å². The van der Waals surface area contributed by atoms with E-state index in [1.165, 1.54) is 17.0 Å². The molecule has 160 valence electrons. The summed E-state index contributed by atoms with van der Waals surface area (Å²) in [5.74, 6) is -2.24. The molecule has 2 aromatic rings. The topological polar surface area (TPSA) is 80.8 Å². The van der Waals surface area contributed by atoms with E-state index in [1.54, 1.807) is 42.5 Å². The second kappa shape index (κ2) is 9.04. The van der Waals surface area contributed by atoms with Crippen LogP contribution in [-0.2, 0) is 14.3 Å². The van der Waals surface area contributed by atoms with E-state index in [2.05, 4.69) is 31.9 Å². The highest BCUT2D eigenvalue weighted by Crippen LogP contribution is 2.44. The molecule has 0 aromatic heterocycles. The van der Waals surface area contributed by atoms with E-state index in [0.717, 1.165) is 0 Å². The lowest BCUT2D eigenvalue weighted by molar-refractivity contribution is -0.122. The van der Waals surface area contributed by atoms with Crippen molar-refractivity contribution in [3.05, 3.63) is 65.7 Å². The summed E-state index contributed by atoms with van der Waals surface area (Å²) in [6.45, 7) is -0.391. The number of Topliss-reactive ketones (excluding diaryl/α,β-unsaturated/α-hetero) is 1. The highest BCUT2D eigenvalue weighted by molar-refractivity contribution is 9.12. The first kappa shape index (κ1) is 21.9. The van der Waals surface area contributed by atoms with Crippen LogP contribution in [0.3, 0.4) is 0 Å². The number of benzene rings is 2. The van der Waals surface area contributed by atoms with Gasteiger partial charge >= 0.3 is 5.97 Å². The highest BCUT2D eigenvalue weighted by atomic mass is 79.9. The van der Waals surface area contributed by atoms with Gasteiger partial charge in [0.15, 0.2) is 12.4 Å². The molecule has 1 heterocycles. The fraction of sp³-hybridized carbons (Fsp3) is 0.304. The van der Waals surface area contributed by atoms with Gasteiger partial charge in [0.25, 0.3) is 0 Å². The first-order valence-electron chi connectivity index (χ1n) is 9.88. The maximum atomic E-state index is 13.0. The summed E-state index contributed by atoms with van der Waals surface area (Å²) in [6.07, 6.45) is 1.15. The Labute approximate surface area is 196 Å². The lowest BCUT2D eigenvalue weighted by Crippen LogP contribution is -2.34. The molecule has 1 saturated carbocycles. The third-order valence-corrected chi connectivity index (χ3v) is 8.42. The number of ketones is 1. The maximum Gasteiger partial charge on any atom is 0.338 e. The van der Waals surface area contributed by atoms with Crippen molar-refractivity contribution in [2.45, 2.75) is 22.5 Å². The van der Waals surface area contributed by atoms with Gasteiger partial charge in [-0.15, -0.1) is 0 Å². The average molecular weight is 549 g/mol.